The molecule has 3 nitrogen and oxygen atoms in total. The molecular formula is C14H12BrFN2O. The van der Waals surface area contributed by atoms with Gasteiger partial charge in [-0.2, -0.15) is 0 Å². The zero-order valence-electron chi connectivity index (χ0n) is 10.2. The maximum Gasteiger partial charge on any atom is 0.323 e. The van der Waals surface area contributed by atoms with Crippen LogP contribution in [0.15, 0.2) is 46.9 Å². The smallest absolute Gasteiger partial charge is 0.308 e. The van der Waals surface area contributed by atoms with Gasteiger partial charge in [-0.25, -0.2) is 9.18 Å². The second kappa shape index (κ2) is 5.84. The molecule has 2 amide bonds. The third-order valence-corrected chi connectivity index (χ3v) is 3.14. The number of hydrogen-bond acceptors (Lipinski definition) is 1. The zero-order valence-corrected chi connectivity index (χ0v) is 11.8. The second-order valence-electron chi connectivity index (χ2n) is 4.07. The van der Waals surface area contributed by atoms with Crippen LogP contribution in [0.5, 0.6) is 0 Å². The van der Waals surface area contributed by atoms with E-state index in [4.69, 9.17) is 0 Å². The molecule has 0 aliphatic carbocycles. The largest absolute Gasteiger partial charge is 0.323 e. The monoisotopic (exact) mass is 322 g/mol. The van der Waals surface area contributed by atoms with Crippen molar-refractivity contribution in [3.05, 3.63) is 58.3 Å². The fourth-order valence-electron chi connectivity index (χ4n) is 1.60. The quantitative estimate of drug-likeness (QED) is 0.837. The summed E-state index contributed by atoms with van der Waals surface area (Å²) in [5, 5.41) is 5.27. The molecule has 0 aromatic heterocycles. The zero-order chi connectivity index (χ0) is 13.8. The molecular weight excluding hydrogens is 311 g/mol. The van der Waals surface area contributed by atoms with Crippen LogP contribution in [0, 0.1) is 12.7 Å². The molecule has 2 aromatic carbocycles. The minimum Gasteiger partial charge on any atom is -0.308 e. The van der Waals surface area contributed by atoms with Crippen LogP contribution in [0.25, 0.3) is 0 Å². The fourth-order valence-corrected chi connectivity index (χ4v) is 1.95. The van der Waals surface area contributed by atoms with E-state index in [9.17, 15) is 9.18 Å². The number of benzene rings is 2. The van der Waals surface area contributed by atoms with Crippen molar-refractivity contribution in [2.24, 2.45) is 0 Å². The van der Waals surface area contributed by atoms with E-state index >= 15 is 0 Å². The molecule has 0 spiro atoms. The van der Waals surface area contributed by atoms with Gasteiger partial charge in [0.15, 0.2) is 0 Å². The molecule has 0 heterocycles. The summed E-state index contributed by atoms with van der Waals surface area (Å²) in [7, 11) is 0. The van der Waals surface area contributed by atoms with E-state index in [1.807, 2.05) is 25.1 Å². The number of aryl methyl sites for hydroxylation is 1. The van der Waals surface area contributed by atoms with Gasteiger partial charge >= 0.3 is 6.03 Å². The first-order chi connectivity index (χ1) is 9.04. The minimum absolute atomic E-state index is 0.380. The summed E-state index contributed by atoms with van der Waals surface area (Å²) in [6.45, 7) is 1.94. The van der Waals surface area contributed by atoms with Crippen molar-refractivity contribution in [2.45, 2.75) is 6.92 Å². The van der Waals surface area contributed by atoms with E-state index in [0.717, 1.165) is 5.56 Å². The molecule has 0 saturated carbocycles. The average Bonchev–Trinajstić information content (AvgIpc) is 2.34. The highest BCUT2D eigenvalue weighted by molar-refractivity contribution is 9.10. The van der Waals surface area contributed by atoms with E-state index < -0.39 is 11.8 Å². The molecule has 0 saturated heterocycles. The van der Waals surface area contributed by atoms with Crippen molar-refractivity contribution < 1.29 is 9.18 Å². The Morgan fingerprint density at radius 3 is 2.68 bits per heavy atom. The lowest BCUT2D eigenvalue weighted by Crippen LogP contribution is -2.19. The van der Waals surface area contributed by atoms with Crippen LogP contribution >= 0.6 is 15.9 Å². The van der Waals surface area contributed by atoms with Gasteiger partial charge in [0.05, 0.1) is 5.69 Å². The van der Waals surface area contributed by atoms with Gasteiger partial charge in [-0.05, 0) is 58.7 Å². The number of urea groups is 1. The van der Waals surface area contributed by atoms with Crippen molar-refractivity contribution in [1.82, 2.24) is 0 Å². The maximum atomic E-state index is 13.1. The van der Waals surface area contributed by atoms with Crippen molar-refractivity contribution in [3.63, 3.8) is 0 Å². The first-order valence-corrected chi connectivity index (χ1v) is 6.43. The van der Waals surface area contributed by atoms with E-state index in [-0.39, 0.29) is 0 Å². The minimum atomic E-state index is -0.420. The molecule has 2 aromatic rings. The molecule has 0 aliphatic rings. The van der Waals surface area contributed by atoms with E-state index in [2.05, 4.69) is 26.6 Å². The number of amides is 2. The van der Waals surface area contributed by atoms with E-state index in [1.54, 1.807) is 6.07 Å². The number of anilines is 2. The molecule has 0 fully saturated rings. The Labute approximate surface area is 119 Å². The summed E-state index contributed by atoms with van der Waals surface area (Å²) in [6, 6.07) is 11.1. The van der Waals surface area contributed by atoms with Gasteiger partial charge in [-0.15, -0.1) is 0 Å². The van der Waals surface area contributed by atoms with Crippen LogP contribution in [0.2, 0.25) is 0 Å². The summed E-state index contributed by atoms with van der Waals surface area (Å²) in [5.41, 5.74) is 2.11. The van der Waals surface area contributed by atoms with Gasteiger partial charge in [0, 0.05) is 10.2 Å². The van der Waals surface area contributed by atoms with E-state index in [1.165, 1.54) is 18.2 Å². The maximum absolute atomic E-state index is 13.1. The summed E-state index contributed by atoms with van der Waals surface area (Å²) in [5.74, 6) is -0.408. The van der Waals surface area contributed by atoms with E-state index in [0.29, 0.717) is 15.8 Å². The summed E-state index contributed by atoms with van der Waals surface area (Å²) in [6.07, 6.45) is 0. The fraction of sp³-hybridized carbons (Fsp3) is 0.0714. The molecule has 0 atom stereocenters. The van der Waals surface area contributed by atoms with Crippen LogP contribution in [-0.4, -0.2) is 6.03 Å². The normalized spacial score (nSPS) is 10.1. The highest BCUT2D eigenvalue weighted by Crippen LogP contribution is 2.23. The van der Waals surface area contributed by atoms with Gasteiger partial charge < -0.3 is 10.6 Å². The molecule has 0 unspecified atom stereocenters. The first kappa shape index (κ1) is 13.5. The van der Waals surface area contributed by atoms with Crippen molar-refractivity contribution >= 4 is 33.3 Å². The lowest BCUT2D eigenvalue weighted by Gasteiger charge is -2.09. The Morgan fingerprint density at radius 1 is 1.16 bits per heavy atom. The van der Waals surface area contributed by atoms with Crippen LogP contribution in [0.3, 0.4) is 0 Å². The van der Waals surface area contributed by atoms with Crippen LogP contribution in [0.4, 0.5) is 20.6 Å². The number of carbonyl (C=O) groups is 1. The summed E-state index contributed by atoms with van der Waals surface area (Å²) < 4.78 is 13.7. The van der Waals surface area contributed by atoms with Gasteiger partial charge in [-0.1, -0.05) is 12.1 Å². The predicted molar refractivity (Wildman–Crippen MR) is 77.9 cm³/mol. The molecule has 2 rings (SSSR count). The van der Waals surface area contributed by atoms with Crippen molar-refractivity contribution in [3.8, 4) is 0 Å². The van der Waals surface area contributed by atoms with Crippen LogP contribution in [0.1, 0.15) is 5.56 Å². The average molecular weight is 323 g/mol. The molecule has 0 aliphatic heterocycles. The Balaban J connectivity index is 2.07. The van der Waals surface area contributed by atoms with Crippen molar-refractivity contribution in [1.29, 1.82) is 0 Å². The molecule has 19 heavy (non-hydrogen) atoms. The molecule has 0 bridgehead atoms. The Bertz CT molecular complexity index is 616. The molecule has 5 heteroatoms. The van der Waals surface area contributed by atoms with Crippen LogP contribution in [-0.2, 0) is 0 Å². The third kappa shape index (κ3) is 3.79. The topological polar surface area (TPSA) is 41.1 Å². The lowest BCUT2D eigenvalue weighted by molar-refractivity contribution is 0.262. The number of carbonyl (C=O) groups excluding carboxylic acids is 1. The van der Waals surface area contributed by atoms with Gasteiger partial charge in [0.25, 0.3) is 0 Å². The molecule has 0 radical (unpaired) electrons. The number of hydrogen-bond donors (Lipinski definition) is 2. The standard InChI is InChI=1S/C14H12BrFN2O/c1-9-3-2-4-11(7-9)17-14(19)18-13-8-10(16)5-6-12(13)15/h2-8H,1H3,(H2,17,18,19). The predicted octanol–water partition coefficient (Wildman–Crippen LogP) is 4.54. The van der Waals surface area contributed by atoms with Crippen molar-refractivity contribution in [2.75, 3.05) is 10.6 Å². The van der Waals surface area contributed by atoms with Crippen LogP contribution < -0.4 is 10.6 Å². The van der Waals surface area contributed by atoms with Gasteiger partial charge in [-0.3, -0.25) is 0 Å². The Morgan fingerprint density at radius 2 is 1.95 bits per heavy atom. The van der Waals surface area contributed by atoms with Gasteiger partial charge in [0.2, 0.25) is 0 Å². The van der Waals surface area contributed by atoms with Gasteiger partial charge in [0.1, 0.15) is 5.82 Å². The third-order valence-electron chi connectivity index (χ3n) is 2.45. The number of rotatable bonds is 2. The summed E-state index contributed by atoms with van der Waals surface area (Å²) in [4.78, 5) is 11.8. The first-order valence-electron chi connectivity index (χ1n) is 5.64. The Hall–Kier alpha value is -1.88. The SMILES string of the molecule is Cc1cccc(NC(=O)Nc2cc(F)ccc2Br)c1. The number of halogens is 2. The highest BCUT2D eigenvalue weighted by atomic mass is 79.9. The summed E-state index contributed by atoms with van der Waals surface area (Å²) >= 11 is 3.25. The highest BCUT2D eigenvalue weighted by Gasteiger charge is 2.06. The Kier molecular flexibility index (Phi) is 4.16. The molecule has 98 valence electrons. The lowest BCUT2D eigenvalue weighted by atomic mass is 10.2. The molecule has 2 N–H and O–H groups in total. The second-order valence-corrected chi connectivity index (χ2v) is 4.93. The number of nitrogens with one attached hydrogen (secondary N) is 2.